The number of alkyl halides is 1. The molecule has 0 spiro atoms. The van der Waals surface area contributed by atoms with Crippen molar-refractivity contribution in [2.24, 2.45) is 0 Å². The third kappa shape index (κ3) is 2.93. The number of hydrogen-bond acceptors (Lipinski definition) is 2. The van der Waals surface area contributed by atoms with Gasteiger partial charge in [-0.25, -0.2) is 9.97 Å². The lowest BCUT2D eigenvalue weighted by Gasteiger charge is -2.17. The Labute approximate surface area is 129 Å². The fourth-order valence-corrected chi connectivity index (χ4v) is 2.92. The Morgan fingerprint density at radius 2 is 1.95 bits per heavy atom. The van der Waals surface area contributed by atoms with Gasteiger partial charge in [-0.1, -0.05) is 30.3 Å². The SMILES string of the molecule is CC(Cc1ccccc1)n1c(CCCl)nc2cccnc21. The third-order valence-electron chi connectivity index (χ3n) is 3.65. The van der Waals surface area contributed by atoms with E-state index in [4.69, 9.17) is 11.6 Å². The Kier molecular flexibility index (Phi) is 4.20. The molecule has 0 amide bonds. The minimum Gasteiger partial charge on any atom is -0.309 e. The number of halogens is 1. The lowest BCUT2D eigenvalue weighted by molar-refractivity contribution is 0.534. The van der Waals surface area contributed by atoms with Crippen LogP contribution in [0, 0.1) is 0 Å². The van der Waals surface area contributed by atoms with E-state index in [2.05, 4.69) is 45.7 Å². The molecular weight excluding hydrogens is 282 g/mol. The molecule has 3 rings (SSSR count). The minimum absolute atomic E-state index is 0.297. The van der Waals surface area contributed by atoms with Crippen LogP contribution in [0.2, 0.25) is 0 Å². The van der Waals surface area contributed by atoms with Crippen LogP contribution in [0.15, 0.2) is 48.7 Å². The van der Waals surface area contributed by atoms with Crippen LogP contribution in [-0.2, 0) is 12.8 Å². The highest BCUT2D eigenvalue weighted by molar-refractivity contribution is 6.17. The highest BCUT2D eigenvalue weighted by Crippen LogP contribution is 2.22. The topological polar surface area (TPSA) is 30.7 Å². The molecule has 1 atom stereocenters. The van der Waals surface area contributed by atoms with Crippen LogP contribution in [-0.4, -0.2) is 20.4 Å². The molecule has 0 radical (unpaired) electrons. The highest BCUT2D eigenvalue weighted by atomic mass is 35.5. The molecule has 0 saturated carbocycles. The zero-order valence-corrected chi connectivity index (χ0v) is 12.8. The van der Waals surface area contributed by atoms with Gasteiger partial charge in [0.25, 0.3) is 0 Å². The van der Waals surface area contributed by atoms with Gasteiger partial charge >= 0.3 is 0 Å². The maximum absolute atomic E-state index is 5.93. The first-order valence-electron chi connectivity index (χ1n) is 7.21. The monoisotopic (exact) mass is 299 g/mol. The minimum atomic E-state index is 0.297. The predicted molar refractivity (Wildman–Crippen MR) is 86.8 cm³/mol. The van der Waals surface area contributed by atoms with Crippen molar-refractivity contribution in [2.45, 2.75) is 25.8 Å². The fourth-order valence-electron chi connectivity index (χ4n) is 2.75. The summed E-state index contributed by atoms with van der Waals surface area (Å²) in [6.45, 7) is 2.21. The average molecular weight is 300 g/mol. The summed E-state index contributed by atoms with van der Waals surface area (Å²) in [4.78, 5) is 9.19. The van der Waals surface area contributed by atoms with E-state index in [0.29, 0.717) is 11.9 Å². The van der Waals surface area contributed by atoms with Crippen LogP contribution < -0.4 is 0 Å². The average Bonchev–Trinajstić information content (AvgIpc) is 2.86. The van der Waals surface area contributed by atoms with Crippen LogP contribution in [0.25, 0.3) is 11.2 Å². The Hall–Kier alpha value is -1.87. The maximum Gasteiger partial charge on any atom is 0.160 e. The summed E-state index contributed by atoms with van der Waals surface area (Å²) in [6, 6.07) is 14.7. The molecule has 0 N–H and O–H groups in total. The van der Waals surface area contributed by atoms with Gasteiger partial charge in [0.15, 0.2) is 5.65 Å². The molecule has 108 valence electrons. The number of rotatable bonds is 5. The van der Waals surface area contributed by atoms with Crippen molar-refractivity contribution in [3.63, 3.8) is 0 Å². The Balaban J connectivity index is 1.99. The van der Waals surface area contributed by atoms with E-state index in [1.807, 2.05) is 24.4 Å². The number of benzene rings is 1. The van der Waals surface area contributed by atoms with Gasteiger partial charge in [-0.3, -0.25) is 0 Å². The van der Waals surface area contributed by atoms with Crippen LogP contribution in [0.4, 0.5) is 0 Å². The van der Waals surface area contributed by atoms with Crippen molar-refractivity contribution >= 4 is 22.8 Å². The largest absolute Gasteiger partial charge is 0.309 e. The summed E-state index contributed by atoms with van der Waals surface area (Å²) in [6.07, 6.45) is 3.54. The number of fused-ring (bicyclic) bond motifs is 1. The van der Waals surface area contributed by atoms with E-state index in [9.17, 15) is 0 Å². The number of nitrogens with zero attached hydrogens (tertiary/aromatic N) is 3. The van der Waals surface area contributed by atoms with E-state index in [0.717, 1.165) is 29.8 Å². The van der Waals surface area contributed by atoms with E-state index >= 15 is 0 Å². The van der Waals surface area contributed by atoms with Crippen LogP contribution in [0.3, 0.4) is 0 Å². The molecule has 0 aliphatic heterocycles. The zero-order valence-electron chi connectivity index (χ0n) is 12.0. The molecule has 2 aromatic heterocycles. The first kappa shape index (κ1) is 14.1. The molecule has 1 unspecified atom stereocenters. The molecule has 3 aromatic rings. The molecule has 0 aliphatic carbocycles. The van der Waals surface area contributed by atoms with Crippen molar-refractivity contribution in [2.75, 3.05) is 5.88 Å². The van der Waals surface area contributed by atoms with Gasteiger partial charge in [0.1, 0.15) is 11.3 Å². The molecule has 1 aromatic carbocycles. The quantitative estimate of drug-likeness (QED) is 0.666. The normalized spacial score (nSPS) is 12.7. The number of aromatic nitrogens is 3. The van der Waals surface area contributed by atoms with Gasteiger partial charge in [0.2, 0.25) is 0 Å². The van der Waals surface area contributed by atoms with Gasteiger partial charge in [-0.05, 0) is 31.0 Å². The summed E-state index contributed by atoms with van der Waals surface area (Å²) in [5.41, 5.74) is 3.21. The van der Waals surface area contributed by atoms with E-state index in [-0.39, 0.29) is 0 Å². The van der Waals surface area contributed by atoms with E-state index in [1.54, 1.807) is 0 Å². The van der Waals surface area contributed by atoms with Crippen molar-refractivity contribution in [1.82, 2.24) is 14.5 Å². The number of pyridine rings is 1. The Bertz CT molecular complexity index is 721. The van der Waals surface area contributed by atoms with Gasteiger partial charge in [0.05, 0.1) is 0 Å². The first-order chi connectivity index (χ1) is 10.3. The second-order valence-electron chi connectivity index (χ2n) is 5.22. The fraction of sp³-hybridized carbons (Fsp3) is 0.294. The molecule has 21 heavy (non-hydrogen) atoms. The maximum atomic E-state index is 5.93. The van der Waals surface area contributed by atoms with Crippen molar-refractivity contribution < 1.29 is 0 Å². The third-order valence-corrected chi connectivity index (χ3v) is 3.84. The Morgan fingerprint density at radius 1 is 1.14 bits per heavy atom. The summed E-state index contributed by atoms with van der Waals surface area (Å²) in [5, 5.41) is 0. The highest BCUT2D eigenvalue weighted by Gasteiger charge is 2.16. The van der Waals surface area contributed by atoms with Crippen LogP contribution >= 0.6 is 11.6 Å². The standard InChI is InChI=1S/C17H18ClN3/c1-13(12-14-6-3-2-4-7-14)21-16(9-10-18)20-15-8-5-11-19-17(15)21/h2-8,11,13H,9-10,12H2,1H3. The van der Waals surface area contributed by atoms with Crippen LogP contribution in [0.5, 0.6) is 0 Å². The predicted octanol–water partition coefficient (Wildman–Crippen LogP) is 4.02. The van der Waals surface area contributed by atoms with E-state index in [1.165, 1.54) is 5.56 Å². The molecule has 4 heteroatoms. The lowest BCUT2D eigenvalue weighted by atomic mass is 10.1. The smallest absolute Gasteiger partial charge is 0.160 e. The second kappa shape index (κ2) is 6.27. The molecule has 0 bridgehead atoms. The first-order valence-corrected chi connectivity index (χ1v) is 7.74. The lowest BCUT2D eigenvalue weighted by Crippen LogP contribution is -2.13. The van der Waals surface area contributed by atoms with Crippen LogP contribution in [0.1, 0.15) is 24.4 Å². The Morgan fingerprint density at radius 3 is 2.71 bits per heavy atom. The molecule has 0 saturated heterocycles. The number of aryl methyl sites for hydroxylation is 1. The van der Waals surface area contributed by atoms with Crippen molar-refractivity contribution in [3.05, 3.63) is 60.0 Å². The zero-order chi connectivity index (χ0) is 14.7. The van der Waals surface area contributed by atoms with Gasteiger partial charge < -0.3 is 4.57 Å². The number of hydrogen-bond donors (Lipinski definition) is 0. The molecular formula is C17H18ClN3. The van der Waals surface area contributed by atoms with Crippen molar-refractivity contribution in [3.8, 4) is 0 Å². The van der Waals surface area contributed by atoms with E-state index < -0.39 is 0 Å². The van der Waals surface area contributed by atoms with Gasteiger partial charge in [-0.15, -0.1) is 11.6 Å². The molecule has 0 fully saturated rings. The number of imidazole rings is 1. The molecule has 3 nitrogen and oxygen atoms in total. The molecule has 2 heterocycles. The second-order valence-corrected chi connectivity index (χ2v) is 5.60. The summed E-state index contributed by atoms with van der Waals surface area (Å²) < 4.78 is 2.23. The molecule has 0 aliphatic rings. The van der Waals surface area contributed by atoms with Gasteiger partial charge in [0, 0.05) is 24.5 Å². The summed E-state index contributed by atoms with van der Waals surface area (Å²) in [5.74, 6) is 1.59. The summed E-state index contributed by atoms with van der Waals surface area (Å²) in [7, 11) is 0. The summed E-state index contributed by atoms with van der Waals surface area (Å²) >= 11 is 5.93. The van der Waals surface area contributed by atoms with Crippen molar-refractivity contribution in [1.29, 1.82) is 0 Å². The van der Waals surface area contributed by atoms with Gasteiger partial charge in [-0.2, -0.15) is 0 Å².